The summed E-state index contributed by atoms with van der Waals surface area (Å²) >= 11 is 0. The summed E-state index contributed by atoms with van der Waals surface area (Å²) < 4.78 is 0. The molecule has 3 nitrogen and oxygen atoms in total. The molecule has 1 N–H and O–H groups in total. The topological polar surface area (TPSA) is 54.1 Å². The Morgan fingerprint density at radius 3 is 1.40 bits per heavy atom. The SMILES string of the molecule is O=[NH+][O-].[Zn].[Zn]. The molecule has 0 fully saturated rings. The van der Waals surface area contributed by atoms with Crippen LogP contribution in [0.25, 0.3) is 0 Å². The Hall–Kier alpha value is 0.647. The van der Waals surface area contributed by atoms with Crippen molar-refractivity contribution in [3.8, 4) is 0 Å². The zero-order valence-corrected chi connectivity index (χ0v) is 8.66. The Balaban J connectivity index is -0.0000000200. The second kappa shape index (κ2) is 22.8. The monoisotopic (exact) mass is 175 g/mol. The molecule has 0 heterocycles. The zero-order chi connectivity index (χ0) is 2.71. The van der Waals surface area contributed by atoms with Crippen LogP contribution in [0.4, 0.5) is 0 Å². The van der Waals surface area contributed by atoms with Crippen LogP contribution in [-0.2, 0) is 39.0 Å². The Morgan fingerprint density at radius 1 is 1.40 bits per heavy atom. The van der Waals surface area contributed by atoms with Gasteiger partial charge in [0.25, 0.3) is 0 Å². The number of hydrogen-bond donors (Lipinski definition) is 1. The molecule has 0 unspecified atom stereocenters. The quantitative estimate of drug-likeness (QED) is 0.273. The van der Waals surface area contributed by atoms with E-state index in [2.05, 4.69) is 0 Å². The maximum atomic E-state index is 8.12. The predicted octanol–water partition coefficient (Wildman–Crippen LogP) is -1.67. The summed E-state index contributed by atoms with van der Waals surface area (Å²) in [4.78, 5) is 8.12. The van der Waals surface area contributed by atoms with E-state index in [1.165, 1.54) is 0 Å². The van der Waals surface area contributed by atoms with Crippen molar-refractivity contribution in [2.24, 2.45) is 0 Å². The molecule has 0 saturated carbocycles. The van der Waals surface area contributed by atoms with Gasteiger partial charge in [0, 0.05) is 44.3 Å². The minimum atomic E-state index is 0. The standard InChI is InChI=1S/HNO2.2Zn/c2-1-3;;/h1H;;. The third-order valence-corrected chi connectivity index (χ3v) is 0. The zero-order valence-electron chi connectivity index (χ0n) is 2.73. The maximum Gasteiger partial charge on any atom is 0.00366 e. The molecule has 0 rings (SSSR count). The predicted molar refractivity (Wildman–Crippen MR) is 7.70 cm³/mol. The number of nitrogens with one attached hydrogen (secondary N) is 1. The molecule has 0 aliphatic heterocycles. The molecule has 0 aromatic heterocycles. The van der Waals surface area contributed by atoms with Gasteiger partial charge in [-0.1, -0.05) is 0 Å². The van der Waals surface area contributed by atoms with Crippen LogP contribution in [0.15, 0.2) is 0 Å². The number of rotatable bonds is 0. The second-order valence-electron chi connectivity index (χ2n) is 0.0833. The molecule has 0 aliphatic carbocycles. The van der Waals surface area contributed by atoms with Crippen LogP contribution in [0.2, 0.25) is 0 Å². The van der Waals surface area contributed by atoms with Crippen LogP contribution in [0.5, 0.6) is 0 Å². The van der Waals surface area contributed by atoms with E-state index < -0.39 is 0 Å². The summed E-state index contributed by atoms with van der Waals surface area (Å²) in [5.74, 6) is 0. The van der Waals surface area contributed by atoms with E-state index in [1.54, 1.807) is 0 Å². The van der Waals surface area contributed by atoms with Gasteiger partial charge in [0.15, 0.2) is 0 Å². The van der Waals surface area contributed by atoms with Gasteiger partial charge >= 0.3 is 0 Å². The summed E-state index contributed by atoms with van der Waals surface area (Å²) in [6, 6.07) is 0. The van der Waals surface area contributed by atoms with E-state index in [4.69, 9.17) is 10.1 Å². The van der Waals surface area contributed by atoms with E-state index in [9.17, 15) is 0 Å². The van der Waals surface area contributed by atoms with Crippen molar-refractivity contribution in [2.75, 3.05) is 0 Å². The third-order valence-electron chi connectivity index (χ3n) is 0. The first-order chi connectivity index (χ1) is 1.41. The third kappa shape index (κ3) is 77.8. The van der Waals surface area contributed by atoms with Crippen molar-refractivity contribution in [2.45, 2.75) is 0 Å². The van der Waals surface area contributed by atoms with Crippen LogP contribution < -0.4 is 5.34 Å². The van der Waals surface area contributed by atoms with E-state index in [0.29, 0.717) is 0 Å². The van der Waals surface area contributed by atoms with Crippen molar-refractivity contribution < 1.29 is 44.3 Å². The fourth-order valence-electron chi connectivity index (χ4n) is 0. The minimum absolute atomic E-state index is 0. The van der Waals surface area contributed by atoms with Gasteiger partial charge in [-0.2, -0.15) is 0 Å². The maximum absolute atomic E-state index is 8.12. The average Bonchev–Trinajstić information content (AvgIpc) is 0.918. The van der Waals surface area contributed by atoms with Crippen molar-refractivity contribution in [1.29, 1.82) is 0 Å². The summed E-state index contributed by atoms with van der Waals surface area (Å²) in [7, 11) is 0. The van der Waals surface area contributed by atoms with Crippen LogP contribution in [-0.4, -0.2) is 0 Å². The van der Waals surface area contributed by atoms with Crippen LogP contribution >= 0.6 is 0 Å². The van der Waals surface area contributed by atoms with Gasteiger partial charge in [0.1, 0.15) is 0 Å². The molecule has 0 radical (unpaired) electrons. The summed E-state index contributed by atoms with van der Waals surface area (Å²) in [5.41, 5.74) is 0. The fraction of sp³-hybridized carbons (Fsp3) is 0. The molecule has 0 atom stereocenters. The van der Waals surface area contributed by atoms with Crippen molar-refractivity contribution in [3.05, 3.63) is 10.1 Å². The molecule has 5 heteroatoms. The molecule has 0 saturated heterocycles. The fourth-order valence-corrected chi connectivity index (χ4v) is 0. The van der Waals surface area contributed by atoms with Gasteiger partial charge in [-0.15, -0.1) is 0 Å². The minimum Gasteiger partial charge on any atom is -0.267 e. The largest absolute Gasteiger partial charge is 0.267 e. The van der Waals surface area contributed by atoms with Gasteiger partial charge in [-0.05, 0) is 0 Å². The molecule has 0 aromatic carbocycles. The van der Waals surface area contributed by atoms with E-state index in [-0.39, 0.29) is 44.3 Å². The summed E-state index contributed by atoms with van der Waals surface area (Å²) in [5, 5.41) is 8.38. The van der Waals surface area contributed by atoms with E-state index >= 15 is 0 Å². The summed E-state index contributed by atoms with van der Waals surface area (Å²) in [6.45, 7) is 0. The van der Waals surface area contributed by atoms with Gasteiger partial charge in [0.05, 0.1) is 0 Å². The van der Waals surface area contributed by atoms with E-state index in [0.717, 1.165) is 0 Å². The second-order valence-corrected chi connectivity index (χ2v) is 0.0833. The molecular formula is HNO2Zn2. The molecule has 0 aromatic rings. The molecule has 5 heavy (non-hydrogen) atoms. The van der Waals surface area contributed by atoms with Crippen molar-refractivity contribution in [1.82, 2.24) is 0 Å². The molecule has 0 spiro atoms. The summed E-state index contributed by atoms with van der Waals surface area (Å²) in [6.07, 6.45) is 0. The normalized spacial score (nSPS) is 2.40. The Kier molecular flexibility index (Phi) is 79.3. The van der Waals surface area contributed by atoms with Crippen molar-refractivity contribution >= 4 is 0 Å². The Morgan fingerprint density at radius 2 is 1.40 bits per heavy atom. The van der Waals surface area contributed by atoms with Gasteiger partial charge < -0.3 is 0 Å². The van der Waals surface area contributed by atoms with Gasteiger partial charge in [-0.3, -0.25) is 10.1 Å². The first-order valence-corrected chi connectivity index (χ1v) is 0.408. The van der Waals surface area contributed by atoms with Gasteiger partial charge in [0.2, 0.25) is 0 Å². The Bertz CT molecular complexity index is 15.1. The van der Waals surface area contributed by atoms with Crippen LogP contribution in [0, 0.1) is 10.1 Å². The van der Waals surface area contributed by atoms with Gasteiger partial charge in [-0.25, -0.2) is 0 Å². The molecule has 0 amide bonds. The Labute approximate surface area is 54.6 Å². The van der Waals surface area contributed by atoms with Crippen LogP contribution in [0.1, 0.15) is 0 Å². The molecule has 0 bridgehead atoms. The van der Waals surface area contributed by atoms with Crippen molar-refractivity contribution in [3.63, 3.8) is 0 Å². The molecular weight excluding hydrogens is 177 g/mol. The first-order valence-electron chi connectivity index (χ1n) is 0.408. The average molecular weight is 178 g/mol. The first kappa shape index (κ1) is 17.4. The molecule has 0 aliphatic rings. The van der Waals surface area contributed by atoms with E-state index in [1.807, 2.05) is 0 Å². The van der Waals surface area contributed by atoms with Crippen LogP contribution in [0.3, 0.4) is 0 Å². The number of hydrogen-bond acceptors (Lipinski definition) is 2. The smallest absolute Gasteiger partial charge is 0.00366 e. The molecule has 22 valence electrons.